The molecule has 0 unspecified atom stereocenters. The van der Waals surface area contributed by atoms with Crippen molar-refractivity contribution in [3.05, 3.63) is 64.1 Å². The van der Waals surface area contributed by atoms with Crippen LogP contribution in [0.5, 0.6) is 0 Å². The van der Waals surface area contributed by atoms with Crippen LogP contribution in [0.15, 0.2) is 57.9 Å². The second-order valence-corrected chi connectivity index (χ2v) is 7.92. The molecule has 0 N–H and O–H groups in total. The zero-order chi connectivity index (χ0) is 16.3. The number of rotatable bonds is 4. The first-order valence-electron chi connectivity index (χ1n) is 6.58. The van der Waals surface area contributed by atoms with Gasteiger partial charge in [-0.2, -0.15) is 0 Å². The molecule has 0 spiro atoms. The largest absolute Gasteiger partial charge is 0.337 e. The molecule has 22 heavy (non-hydrogen) atoms. The van der Waals surface area contributed by atoms with Gasteiger partial charge in [-0.15, -0.1) is 0 Å². The molecule has 0 aromatic heterocycles. The first-order chi connectivity index (χ1) is 10.3. The van der Waals surface area contributed by atoms with Gasteiger partial charge in [-0.05, 0) is 29.8 Å². The molecule has 6 heteroatoms. The highest BCUT2D eigenvalue weighted by molar-refractivity contribution is 9.10. The lowest BCUT2D eigenvalue weighted by Crippen LogP contribution is -2.26. The van der Waals surface area contributed by atoms with Gasteiger partial charge in [0.2, 0.25) is 0 Å². The van der Waals surface area contributed by atoms with Crippen LogP contribution >= 0.6 is 15.9 Å². The van der Waals surface area contributed by atoms with E-state index >= 15 is 0 Å². The van der Waals surface area contributed by atoms with Crippen LogP contribution in [-0.2, 0) is 16.4 Å². The molecule has 4 nitrogen and oxygen atoms in total. The lowest BCUT2D eigenvalue weighted by molar-refractivity contribution is 0.0784. The average Bonchev–Trinajstić information content (AvgIpc) is 2.48. The second kappa shape index (κ2) is 6.62. The van der Waals surface area contributed by atoms with E-state index in [0.717, 1.165) is 16.3 Å². The van der Waals surface area contributed by atoms with E-state index in [1.807, 2.05) is 24.3 Å². The van der Waals surface area contributed by atoms with E-state index in [-0.39, 0.29) is 10.8 Å². The Hall–Kier alpha value is -1.66. The highest BCUT2D eigenvalue weighted by Crippen LogP contribution is 2.19. The van der Waals surface area contributed by atoms with E-state index in [1.54, 1.807) is 24.1 Å². The van der Waals surface area contributed by atoms with Gasteiger partial charge < -0.3 is 4.90 Å². The molecule has 0 bridgehead atoms. The Bertz CT molecular complexity index is 803. The highest BCUT2D eigenvalue weighted by atomic mass is 79.9. The maximum atomic E-state index is 12.5. The Morgan fingerprint density at radius 1 is 1.14 bits per heavy atom. The van der Waals surface area contributed by atoms with E-state index < -0.39 is 9.84 Å². The lowest BCUT2D eigenvalue weighted by atomic mass is 10.1. The summed E-state index contributed by atoms with van der Waals surface area (Å²) in [5.74, 6) is -0.221. The average molecular weight is 382 g/mol. The van der Waals surface area contributed by atoms with Gasteiger partial charge in [-0.1, -0.05) is 40.2 Å². The van der Waals surface area contributed by atoms with Gasteiger partial charge in [-0.3, -0.25) is 4.79 Å². The molecule has 0 radical (unpaired) electrons. The number of hydrogen-bond donors (Lipinski definition) is 0. The maximum Gasteiger partial charge on any atom is 0.253 e. The topological polar surface area (TPSA) is 54.5 Å². The third kappa shape index (κ3) is 3.96. The van der Waals surface area contributed by atoms with E-state index in [4.69, 9.17) is 0 Å². The van der Waals surface area contributed by atoms with E-state index in [1.165, 1.54) is 12.1 Å². The highest BCUT2D eigenvalue weighted by Gasteiger charge is 2.15. The van der Waals surface area contributed by atoms with Gasteiger partial charge in [-0.25, -0.2) is 8.42 Å². The zero-order valence-electron chi connectivity index (χ0n) is 12.3. The second-order valence-electron chi connectivity index (χ2n) is 5.05. The Morgan fingerprint density at radius 3 is 2.45 bits per heavy atom. The Labute approximate surface area is 138 Å². The molecule has 0 atom stereocenters. The van der Waals surface area contributed by atoms with Crippen LogP contribution < -0.4 is 0 Å². The number of hydrogen-bond acceptors (Lipinski definition) is 3. The van der Waals surface area contributed by atoms with Gasteiger partial charge in [0.15, 0.2) is 9.84 Å². The molecule has 2 rings (SSSR count). The van der Waals surface area contributed by atoms with Crippen LogP contribution in [0.2, 0.25) is 0 Å². The lowest BCUT2D eigenvalue weighted by Gasteiger charge is -2.18. The van der Waals surface area contributed by atoms with Crippen molar-refractivity contribution in [2.45, 2.75) is 11.4 Å². The van der Waals surface area contributed by atoms with Crippen molar-refractivity contribution >= 4 is 31.7 Å². The number of carbonyl (C=O) groups excluding carboxylic acids is 1. The van der Waals surface area contributed by atoms with Crippen molar-refractivity contribution in [2.75, 3.05) is 13.3 Å². The zero-order valence-corrected chi connectivity index (χ0v) is 14.7. The number of sulfone groups is 1. The minimum atomic E-state index is -3.33. The first-order valence-corrected chi connectivity index (χ1v) is 9.26. The third-order valence-electron chi connectivity index (χ3n) is 3.22. The van der Waals surface area contributed by atoms with Crippen LogP contribution in [0.25, 0.3) is 0 Å². The molecule has 0 saturated heterocycles. The molecule has 2 aromatic rings. The van der Waals surface area contributed by atoms with Gasteiger partial charge in [0.1, 0.15) is 0 Å². The standard InChI is InChI=1S/C16H16BrNO3S/c1-18(11-13-6-3-4-9-15(13)17)16(19)12-7-5-8-14(10-12)22(2,20)21/h3-10H,11H2,1-2H3. The molecule has 2 aromatic carbocycles. The van der Waals surface area contributed by atoms with Crippen molar-refractivity contribution in [1.29, 1.82) is 0 Å². The number of halogens is 1. The van der Waals surface area contributed by atoms with Crippen molar-refractivity contribution in [3.63, 3.8) is 0 Å². The van der Waals surface area contributed by atoms with Crippen molar-refractivity contribution in [3.8, 4) is 0 Å². The van der Waals surface area contributed by atoms with Crippen molar-refractivity contribution in [1.82, 2.24) is 4.90 Å². The van der Waals surface area contributed by atoms with Crippen LogP contribution in [0.3, 0.4) is 0 Å². The smallest absolute Gasteiger partial charge is 0.253 e. The summed E-state index contributed by atoms with van der Waals surface area (Å²) in [5.41, 5.74) is 1.34. The molecule has 0 aliphatic carbocycles. The third-order valence-corrected chi connectivity index (χ3v) is 5.11. The number of benzene rings is 2. The number of carbonyl (C=O) groups is 1. The summed E-state index contributed by atoms with van der Waals surface area (Å²) >= 11 is 3.45. The predicted octanol–water partition coefficient (Wildman–Crippen LogP) is 3.12. The van der Waals surface area contributed by atoms with Crippen LogP contribution in [0, 0.1) is 0 Å². The monoisotopic (exact) mass is 381 g/mol. The van der Waals surface area contributed by atoms with Gasteiger partial charge in [0, 0.05) is 29.9 Å². The minimum absolute atomic E-state index is 0.146. The molecule has 0 heterocycles. The first kappa shape index (κ1) is 16.7. The molecule has 0 fully saturated rings. The summed E-state index contributed by atoms with van der Waals surface area (Å²) < 4.78 is 24.1. The molecule has 0 aliphatic heterocycles. The van der Waals surface area contributed by atoms with E-state index in [9.17, 15) is 13.2 Å². The molecule has 1 amide bonds. The maximum absolute atomic E-state index is 12.5. The summed E-state index contributed by atoms with van der Waals surface area (Å²) in [6.07, 6.45) is 1.13. The fourth-order valence-electron chi connectivity index (χ4n) is 2.03. The molecular formula is C16H16BrNO3S. The fraction of sp³-hybridized carbons (Fsp3) is 0.188. The van der Waals surface area contributed by atoms with Gasteiger partial charge >= 0.3 is 0 Å². The van der Waals surface area contributed by atoms with Crippen molar-refractivity contribution < 1.29 is 13.2 Å². The van der Waals surface area contributed by atoms with Crippen LogP contribution in [0.1, 0.15) is 15.9 Å². The van der Waals surface area contributed by atoms with Gasteiger partial charge in [0.25, 0.3) is 5.91 Å². The van der Waals surface area contributed by atoms with E-state index in [0.29, 0.717) is 12.1 Å². The Kier molecular flexibility index (Phi) is 5.03. The molecule has 0 aliphatic rings. The molecular weight excluding hydrogens is 366 g/mol. The molecule has 116 valence electrons. The number of amides is 1. The number of nitrogens with zero attached hydrogens (tertiary/aromatic N) is 1. The quantitative estimate of drug-likeness (QED) is 0.817. The van der Waals surface area contributed by atoms with Crippen LogP contribution in [-0.4, -0.2) is 32.5 Å². The fourth-order valence-corrected chi connectivity index (χ4v) is 3.11. The Balaban J connectivity index is 2.23. The minimum Gasteiger partial charge on any atom is -0.337 e. The molecule has 0 saturated carbocycles. The summed E-state index contributed by atoms with van der Waals surface area (Å²) in [6, 6.07) is 13.8. The van der Waals surface area contributed by atoms with E-state index in [2.05, 4.69) is 15.9 Å². The Morgan fingerprint density at radius 2 is 1.82 bits per heavy atom. The summed E-state index contributed by atoms with van der Waals surface area (Å²) in [5, 5.41) is 0. The predicted molar refractivity (Wildman–Crippen MR) is 89.5 cm³/mol. The normalized spacial score (nSPS) is 11.2. The summed E-state index contributed by atoms with van der Waals surface area (Å²) in [6.45, 7) is 0.434. The van der Waals surface area contributed by atoms with Gasteiger partial charge in [0.05, 0.1) is 4.90 Å². The SMILES string of the molecule is CN(Cc1ccccc1Br)C(=O)c1cccc(S(C)(=O)=O)c1. The van der Waals surface area contributed by atoms with Crippen LogP contribution in [0.4, 0.5) is 0 Å². The summed E-state index contributed by atoms with van der Waals surface area (Å²) in [4.78, 5) is 14.2. The van der Waals surface area contributed by atoms with Crippen molar-refractivity contribution in [2.24, 2.45) is 0 Å². The summed E-state index contributed by atoms with van der Waals surface area (Å²) in [7, 11) is -1.64.